The summed E-state index contributed by atoms with van der Waals surface area (Å²) in [4.78, 5) is 0. The lowest BCUT2D eigenvalue weighted by Gasteiger charge is -2.11. The Morgan fingerprint density at radius 2 is 2.00 bits per heavy atom. The summed E-state index contributed by atoms with van der Waals surface area (Å²) in [5.74, 6) is 0.399. The van der Waals surface area contributed by atoms with E-state index in [1.54, 1.807) is 6.07 Å². The summed E-state index contributed by atoms with van der Waals surface area (Å²) in [6.45, 7) is 2.99. The maximum atomic E-state index is 13.0. The van der Waals surface area contributed by atoms with Crippen LogP contribution in [0.3, 0.4) is 0 Å². The van der Waals surface area contributed by atoms with Crippen molar-refractivity contribution in [1.29, 1.82) is 0 Å². The predicted molar refractivity (Wildman–Crippen MR) is 79.7 cm³/mol. The van der Waals surface area contributed by atoms with Gasteiger partial charge in [-0.05, 0) is 54.9 Å². The van der Waals surface area contributed by atoms with E-state index in [0.29, 0.717) is 17.4 Å². The zero-order valence-electron chi connectivity index (χ0n) is 11.5. The van der Waals surface area contributed by atoms with Crippen LogP contribution in [0.15, 0.2) is 36.4 Å². The minimum absolute atomic E-state index is 0.235. The quantitative estimate of drug-likeness (QED) is 0.896. The molecule has 1 N–H and O–H groups in total. The van der Waals surface area contributed by atoms with Gasteiger partial charge in [-0.25, -0.2) is 4.39 Å². The normalized spacial score (nSPS) is 10.6. The fraction of sp³-hybridized carbons (Fsp3) is 0.250. The van der Waals surface area contributed by atoms with E-state index >= 15 is 0 Å². The molecule has 0 heterocycles. The van der Waals surface area contributed by atoms with E-state index in [1.807, 2.05) is 32.2 Å². The van der Waals surface area contributed by atoms with Crippen LogP contribution in [-0.2, 0) is 13.2 Å². The van der Waals surface area contributed by atoms with Crippen LogP contribution in [-0.4, -0.2) is 7.05 Å². The van der Waals surface area contributed by atoms with Gasteiger partial charge in [0.2, 0.25) is 0 Å². The van der Waals surface area contributed by atoms with Crippen LogP contribution in [0.1, 0.15) is 16.7 Å². The predicted octanol–water partition coefficient (Wildman–Crippen LogP) is 4.09. The summed E-state index contributed by atoms with van der Waals surface area (Å²) in [7, 11) is 1.88. The van der Waals surface area contributed by atoms with Gasteiger partial charge >= 0.3 is 0 Å². The Morgan fingerprint density at radius 1 is 1.20 bits per heavy atom. The molecule has 106 valence electrons. The fourth-order valence-corrected chi connectivity index (χ4v) is 2.21. The molecule has 2 aromatic rings. The number of hydrogen-bond donors (Lipinski definition) is 1. The van der Waals surface area contributed by atoms with Crippen molar-refractivity contribution >= 4 is 11.6 Å². The molecule has 0 saturated carbocycles. The molecular formula is C16H17ClFNO. The highest BCUT2D eigenvalue weighted by molar-refractivity contribution is 6.32. The number of benzene rings is 2. The second kappa shape index (κ2) is 6.73. The zero-order valence-corrected chi connectivity index (χ0v) is 12.3. The van der Waals surface area contributed by atoms with Crippen LogP contribution in [0.25, 0.3) is 0 Å². The number of halogens is 2. The van der Waals surface area contributed by atoms with Crippen molar-refractivity contribution in [2.24, 2.45) is 0 Å². The molecule has 0 amide bonds. The average Bonchev–Trinajstić information content (AvgIpc) is 2.40. The van der Waals surface area contributed by atoms with Crippen LogP contribution in [0.4, 0.5) is 4.39 Å². The van der Waals surface area contributed by atoms with E-state index in [9.17, 15) is 4.39 Å². The molecule has 2 aromatic carbocycles. The number of nitrogens with one attached hydrogen (secondary N) is 1. The summed E-state index contributed by atoms with van der Waals surface area (Å²) >= 11 is 6.18. The molecule has 0 bridgehead atoms. The van der Waals surface area contributed by atoms with E-state index in [1.165, 1.54) is 12.1 Å². The van der Waals surface area contributed by atoms with Gasteiger partial charge in [-0.1, -0.05) is 23.7 Å². The molecular weight excluding hydrogens is 277 g/mol. The van der Waals surface area contributed by atoms with Gasteiger partial charge in [-0.2, -0.15) is 0 Å². The van der Waals surface area contributed by atoms with Crippen LogP contribution in [0, 0.1) is 12.7 Å². The lowest BCUT2D eigenvalue weighted by Crippen LogP contribution is -2.05. The topological polar surface area (TPSA) is 21.3 Å². The van der Waals surface area contributed by atoms with Crippen molar-refractivity contribution in [3.05, 3.63) is 63.9 Å². The van der Waals surface area contributed by atoms with Crippen LogP contribution in [0.2, 0.25) is 5.02 Å². The SMILES string of the molecule is CNCc1ccc(OCc2ccc(F)cc2C)c(Cl)c1. The van der Waals surface area contributed by atoms with Crippen molar-refractivity contribution in [3.8, 4) is 5.75 Å². The largest absolute Gasteiger partial charge is 0.487 e. The van der Waals surface area contributed by atoms with Crippen molar-refractivity contribution in [2.45, 2.75) is 20.1 Å². The van der Waals surface area contributed by atoms with Crippen LogP contribution in [0.5, 0.6) is 5.75 Å². The van der Waals surface area contributed by atoms with Gasteiger partial charge in [-0.15, -0.1) is 0 Å². The first-order valence-corrected chi connectivity index (χ1v) is 6.79. The second-order valence-electron chi connectivity index (χ2n) is 4.65. The summed E-state index contributed by atoms with van der Waals surface area (Å²) < 4.78 is 18.7. The molecule has 0 aliphatic carbocycles. The lowest BCUT2D eigenvalue weighted by molar-refractivity contribution is 0.305. The molecule has 0 aromatic heterocycles. The van der Waals surface area contributed by atoms with Crippen molar-refractivity contribution in [3.63, 3.8) is 0 Å². The molecule has 0 aliphatic rings. The van der Waals surface area contributed by atoms with E-state index in [2.05, 4.69) is 5.32 Å². The maximum Gasteiger partial charge on any atom is 0.138 e. The standard InChI is InChI=1S/C16H17ClFNO/c1-11-7-14(18)5-4-13(11)10-20-16-6-3-12(9-19-2)8-15(16)17/h3-8,19H,9-10H2,1-2H3. The maximum absolute atomic E-state index is 13.0. The third-order valence-corrected chi connectivity index (χ3v) is 3.36. The minimum atomic E-state index is -0.235. The molecule has 4 heteroatoms. The zero-order chi connectivity index (χ0) is 14.5. The van der Waals surface area contributed by atoms with Gasteiger partial charge in [0.1, 0.15) is 18.2 Å². The number of hydrogen-bond acceptors (Lipinski definition) is 2. The Hall–Kier alpha value is -1.58. The van der Waals surface area contributed by atoms with Gasteiger partial charge in [0, 0.05) is 6.54 Å². The van der Waals surface area contributed by atoms with Gasteiger partial charge < -0.3 is 10.1 Å². The number of aryl methyl sites for hydroxylation is 1. The minimum Gasteiger partial charge on any atom is -0.487 e. The molecule has 0 atom stereocenters. The molecule has 0 unspecified atom stereocenters. The summed E-state index contributed by atoms with van der Waals surface area (Å²) in [5.41, 5.74) is 2.91. The average molecular weight is 294 g/mol. The van der Waals surface area contributed by atoms with Crippen LogP contribution >= 0.6 is 11.6 Å². The van der Waals surface area contributed by atoms with Gasteiger partial charge in [0.15, 0.2) is 0 Å². The Kier molecular flexibility index (Phi) is 4.99. The van der Waals surface area contributed by atoms with E-state index in [4.69, 9.17) is 16.3 Å². The molecule has 0 spiro atoms. The highest BCUT2D eigenvalue weighted by atomic mass is 35.5. The Balaban J connectivity index is 2.07. The molecule has 2 rings (SSSR count). The smallest absolute Gasteiger partial charge is 0.138 e. The van der Waals surface area contributed by atoms with Crippen LogP contribution < -0.4 is 10.1 Å². The first-order chi connectivity index (χ1) is 9.60. The molecule has 0 radical (unpaired) electrons. The highest BCUT2D eigenvalue weighted by Gasteiger charge is 2.05. The fourth-order valence-electron chi connectivity index (χ4n) is 1.95. The van der Waals surface area contributed by atoms with Gasteiger partial charge in [0.05, 0.1) is 5.02 Å². The summed E-state index contributed by atoms with van der Waals surface area (Å²) in [6.07, 6.45) is 0. The monoisotopic (exact) mass is 293 g/mol. The highest BCUT2D eigenvalue weighted by Crippen LogP contribution is 2.26. The molecule has 2 nitrogen and oxygen atoms in total. The van der Waals surface area contributed by atoms with Gasteiger partial charge in [-0.3, -0.25) is 0 Å². The van der Waals surface area contributed by atoms with E-state index < -0.39 is 0 Å². The Labute approximate surface area is 123 Å². The summed E-state index contributed by atoms with van der Waals surface area (Å²) in [6, 6.07) is 10.4. The van der Waals surface area contributed by atoms with Gasteiger partial charge in [0.25, 0.3) is 0 Å². The molecule has 0 fully saturated rings. The van der Waals surface area contributed by atoms with E-state index in [0.717, 1.165) is 23.2 Å². The second-order valence-corrected chi connectivity index (χ2v) is 5.06. The Morgan fingerprint density at radius 3 is 2.65 bits per heavy atom. The van der Waals surface area contributed by atoms with E-state index in [-0.39, 0.29) is 5.82 Å². The van der Waals surface area contributed by atoms with Crippen molar-refractivity contribution in [1.82, 2.24) is 5.32 Å². The third-order valence-electron chi connectivity index (χ3n) is 3.07. The third kappa shape index (κ3) is 3.71. The van der Waals surface area contributed by atoms with Crippen molar-refractivity contribution in [2.75, 3.05) is 7.05 Å². The van der Waals surface area contributed by atoms with Crippen molar-refractivity contribution < 1.29 is 9.13 Å². The molecule has 20 heavy (non-hydrogen) atoms. The molecule has 0 saturated heterocycles. The number of ether oxygens (including phenoxy) is 1. The first kappa shape index (κ1) is 14.8. The first-order valence-electron chi connectivity index (χ1n) is 6.41. The number of rotatable bonds is 5. The molecule has 0 aliphatic heterocycles. The lowest BCUT2D eigenvalue weighted by atomic mass is 10.1. The summed E-state index contributed by atoms with van der Waals surface area (Å²) in [5, 5.41) is 3.65. The Bertz CT molecular complexity index is 601.